The van der Waals surface area contributed by atoms with Crippen molar-refractivity contribution in [1.29, 1.82) is 0 Å². The molecule has 1 unspecified atom stereocenters. The monoisotopic (exact) mass is 176 g/mol. The topological polar surface area (TPSA) is 17.1 Å². The van der Waals surface area contributed by atoms with Gasteiger partial charge in [-0.1, -0.05) is 19.6 Å². The third-order valence-corrected chi connectivity index (χ3v) is 5.68. The van der Waals surface area contributed by atoms with Gasteiger partial charge in [0.15, 0.2) is 0 Å². The molecule has 0 fully saturated rings. The fraction of sp³-hybridized carbons (Fsp3) is 0.857. The highest BCUT2D eigenvalue weighted by Crippen LogP contribution is 2.24. The van der Waals surface area contributed by atoms with Gasteiger partial charge in [0.2, 0.25) is 0 Å². The Hall–Kier alpha value is 0.237. The van der Waals surface area contributed by atoms with Crippen LogP contribution in [0, 0.1) is 0 Å². The Labute approximate surface area is 68.2 Å². The Morgan fingerprint density at radius 2 is 1.80 bits per heavy atom. The van der Waals surface area contributed by atoms with Gasteiger partial charge in [0, 0.05) is 0 Å². The molecule has 0 aromatic carbocycles. The molecule has 0 N–H and O–H groups in total. The first kappa shape index (κ1) is 10.2. The maximum atomic E-state index is 10.8. The van der Waals surface area contributed by atoms with Crippen molar-refractivity contribution in [3.05, 3.63) is 0 Å². The van der Waals surface area contributed by atoms with E-state index in [1.54, 1.807) is 6.92 Å². The predicted octanol–water partition coefficient (Wildman–Crippen LogP) is 2.53. The fourth-order valence-corrected chi connectivity index (χ4v) is 5.52. The molecule has 0 radical (unpaired) electrons. The minimum absolute atomic E-state index is 0.201. The van der Waals surface area contributed by atoms with Gasteiger partial charge in [-0.2, -0.15) is 11.2 Å². The number of hydrogen-bond donors (Lipinski definition) is 0. The van der Waals surface area contributed by atoms with Crippen LogP contribution in [0.3, 0.4) is 0 Å². The lowest BCUT2D eigenvalue weighted by atomic mass is 10.3. The lowest BCUT2D eigenvalue weighted by Crippen LogP contribution is -2.22. The molecule has 1 nitrogen and oxygen atoms in total. The summed E-state index contributed by atoms with van der Waals surface area (Å²) < 4.78 is 0. The average molecular weight is 176 g/mol. The van der Waals surface area contributed by atoms with Crippen LogP contribution < -0.4 is 0 Å². The van der Waals surface area contributed by atoms with Crippen LogP contribution in [-0.4, -0.2) is 18.3 Å². The Balaban J connectivity index is 3.80. The van der Waals surface area contributed by atoms with Crippen LogP contribution in [0.1, 0.15) is 13.8 Å². The Kier molecular flexibility index (Phi) is 3.66. The molecule has 0 amide bonds. The van der Waals surface area contributed by atoms with Crippen molar-refractivity contribution in [2.45, 2.75) is 38.7 Å². The highest BCUT2D eigenvalue weighted by molar-refractivity contribution is 8.29. The molecule has 0 saturated carbocycles. The van der Waals surface area contributed by atoms with Gasteiger partial charge in [-0.3, -0.25) is 4.79 Å². The summed E-state index contributed by atoms with van der Waals surface area (Å²) >= 11 is 1.85. The van der Waals surface area contributed by atoms with E-state index in [-0.39, 0.29) is 5.25 Å². The molecular weight excluding hydrogens is 160 g/mol. The second-order valence-electron chi connectivity index (χ2n) is 3.48. The maximum Gasteiger partial charge on any atom is 0.141 e. The molecule has 10 heavy (non-hydrogen) atoms. The number of hydrogen-bond acceptors (Lipinski definition) is 2. The molecular formula is C7H16OSSi. The summed E-state index contributed by atoms with van der Waals surface area (Å²) in [5, 5.41) is 0.201. The van der Waals surface area contributed by atoms with Crippen molar-refractivity contribution in [1.82, 2.24) is 0 Å². The average Bonchev–Trinajstić information content (AvgIpc) is 1.60. The predicted molar refractivity (Wildman–Crippen MR) is 51.1 cm³/mol. The van der Waals surface area contributed by atoms with E-state index < -0.39 is 7.22 Å². The lowest BCUT2D eigenvalue weighted by molar-refractivity contribution is -0.116. The number of Topliss-reactive ketones (excluding diaryl/α,β-unsaturated/α-hetero) is 1. The Morgan fingerprint density at radius 1 is 1.40 bits per heavy atom. The van der Waals surface area contributed by atoms with Crippen molar-refractivity contribution in [2.24, 2.45) is 0 Å². The third-order valence-electron chi connectivity index (χ3n) is 1.10. The van der Waals surface area contributed by atoms with Gasteiger partial charge in [-0.15, -0.1) is 0 Å². The van der Waals surface area contributed by atoms with Gasteiger partial charge >= 0.3 is 0 Å². The van der Waals surface area contributed by atoms with Gasteiger partial charge < -0.3 is 0 Å². The summed E-state index contributed by atoms with van der Waals surface area (Å²) in [4.78, 5) is 10.8. The zero-order valence-electron chi connectivity index (χ0n) is 7.39. The normalized spacial score (nSPS) is 14.9. The first-order valence-electron chi connectivity index (χ1n) is 3.51. The quantitative estimate of drug-likeness (QED) is 0.615. The SMILES string of the molecule is CC(=O)C(C)S[Si](C)(C)C. The maximum absolute atomic E-state index is 10.8. The second-order valence-corrected chi connectivity index (χ2v) is 13.0. The van der Waals surface area contributed by atoms with Gasteiger partial charge in [0.05, 0.1) is 5.25 Å². The fourth-order valence-electron chi connectivity index (χ4n) is 0.613. The molecule has 0 bridgehead atoms. The minimum Gasteiger partial charge on any atom is -0.299 e. The van der Waals surface area contributed by atoms with E-state index in [9.17, 15) is 4.79 Å². The van der Waals surface area contributed by atoms with Crippen molar-refractivity contribution >= 4 is 24.2 Å². The first-order valence-corrected chi connectivity index (χ1v) is 8.61. The summed E-state index contributed by atoms with van der Waals surface area (Å²) in [6.07, 6.45) is 0. The van der Waals surface area contributed by atoms with Crippen molar-refractivity contribution in [3.63, 3.8) is 0 Å². The molecule has 0 rings (SSSR count). The largest absolute Gasteiger partial charge is 0.299 e. The Morgan fingerprint density at radius 3 is 1.90 bits per heavy atom. The van der Waals surface area contributed by atoms with Gasteiger partial charge in [-0.05, 0) is 13.8 Å². The van der Waals surface area contributed by atoms with Crippen LogP contribution >= 0.6 is 11.2 Å². The second kappa shape index (κ2) is 3.58. The highest BCUT2D eigenvalue weighted by Gasteiger charge is 2.20. The van der Waals surface area contributed by atoms with Crippen LogP contribution in [0.4, 0.5) is 0 Å². The van der Waals surface area contributed by atoms with Crippen molar-refractivity contribution < 1.29 is 4.79 Å². The molecule has 0 aliphatic heterocycles. The van der Waals surface area contributed by atoms with Crippen molar-refractivity contribution in [3.8, 4) is 0 Å². The van der Waals surface area contributed by atoms with E-state index in [0.29, 0.717) is 5.78 Å². The summed E-state index contributed by atoms with van der Waals surface area (Å²) in [5.74, 6) is 0.299. The molecule has 60 valence electrons. The lowest BCUT2D eigenvalue weighted by Gasteiger charge is -2.18. The van der Waals surface area contributed by atoms with E-state index in [4.69, 9.17) is 0 Å². The highest BCUT2D eigenvalue weighted by atomic mass is 32.4. The number of carbonyl (C=O) groups is 1. The van der Waals surface area contributed by atoms with Crippen LogP contribution in [0.5, 0.6) is 0 Å². The molecule has 3 heteroatoms. The zero-order chi connectivity index (χ0) is 8.36. The van der Waals surface area contributed by atoms with Crippen LogP contribution in [0.25, 0.3) is 0 Å². The smallest absolute Gasteiger partial charge is 0.141 e. The molecule has 0 aromatic rings. The molecule has 1 atom stereocenters. The molecule has 0 saturated heterocycles. The molecule has 0 aromatic heterocycles. The molecule has 0 spiro atoms. The van der Waals surface area contributed by atoms with E-state index >= 15 is 0 Å². The molecule has 0 aliphatic rings. The van der Waals surface area contributed by atoms with Crippen LogP contribution in [-0.2, 0) is 4.79 Å². The summed E-state index contributed by atoms with van der Waals surface area (Å²) in [6.45, 7) is 10.4. The Bertz CT molecular complexity index is 128. The summed E-state index contributed by atoms with van der Waals surface area (Å²) in [5.41, 5.74) is 0. The minimum atomic E-state index is -1.09. The molecule has 0 heterocycles. The number of ketones is 1. The van der Waals surface area contributed by atoms with Crippen LogP contribution in [0.15, 0.2) is 0 Å². The van der Waals surface area contributed by atoms with Crippen LogP contribution in [0.2, 0.25) is 19.6 Å². The van der Waals surface area contributed by atoms with Crippen molar-refractivity contribution in [2.75, 3.05) is 0 Å². The van der Waals surface area contributed by atoms with E-state index in [1.807, 2.05) is 18.1 Å². The van der Waals surface area contributed by atoms with E-state index in [0.717, 1.165) is 0 Å². The zero-order valence-corrected chi connectivity index (χ0v) is 9.21. The summed E-state index contributed by atoms with van der Waals surface area (Å²) in [6, 6.07) is 0. The van der Waals surface area contributed by atoms with Gasteiger partial charge in [0.25, 0.3) is 0 Å². The van der Waals surface area contributed by atoms with Gasteiger partial charge in [-0.25, -0.2) is 0 Å². The van der Waals surface area contributed by atoms with Gasteiger partial charge in [0.1, 0.15) is 13.0 Å². The first-order chi connectivity index (χ1) is 4.33. The standard InChI is InChI=1S/C7H16OSSi/c1-6(8)7(2)9-10(3,4)5/h7H,1-5H3. The van der Waals surface area contributed by atoms with E-state index in [2.05, 4.69) is 19.6 Å². The van der Waals surface area contributed by atoms with E-state index in [1.165, 1.54) is 0 Å². The number of rotatable bonds is 3. The summed E-state index contributed by atoms with van der Waals surface area (Å²) in [7, 11) is -1.09. The third kappa shape index (κ3) is 5.06. The molecule has 0 aliphatic carbocycles. The number of carbonyl (C=O) groups excluding carboxylic acids is 1.